The van der Waals surface area contributed by atoms with Gasteiger partial charge in [0.2, 0.25) is 0 Å². The smallest absolute Gasteiger partial charge is 0.490 e. The second kappa shape index (κ2) is 8.34. The van der Waals surface area contributed by atoms with Gasteiger partial charge in [-0.2, -0.15) is 13.2 Å². The van der Waals surface area contributed by atoms with Crippen molar-refractivity contribution in [2.24, 2.45) is 5.92 Å². The Bertz CT molecular complexity index is 557. The molecule has 0 radical (unpaired) electrons. The minimum atomic E-state index is -5.08. The first kappa shape index (κ1) is 18.5. The summed E-state index contributed by atoms with van der Waals surface area (Å²) in [6, 6.07) is 6.47. The first-order valence-electron chi connectivity index (χ1n) is 7.69. The molecule has 8 heteroatoms. The van der Waals surface area contributed by atoms with Crippen molar-refractivity contribution in [3.8, 4) is 5.75 Å². The molecule has 3 rings (SSSR count). The van der Waals surface area contributed by atoms with Crippen LogP contribution in [0.25, 0.3) is 0 Å². The van der Waals surface area contributed by atoms with E-state index < -0.39 is 12.1 Å². The lowest BCUT2D eigenvalue weighted by Gasteiger charge is -2.18. The summed E-state index contributed by atoms with van der Waals surface area (Å²) in [5.41, 5.74) is 2.84. The molecule has 2 aliphatic rings. The first-order chi connectivity index (χ1) is 11.4. The predicted molar refractivity (Wildman–Crippen MR) is 80.0 cm³/mol. The highest BCUT2D eigenvalue weighted by Crippen LogP contribution is 2.22. The van der Waals surface area contributed by atoms with Crippen molar-refractivity contribution in [2.75, 3.05) is 26.4 Å². The standard InChI is InChI=1S/C14H19NO2.C2HF3O2/c1-2-14(17-10-11-4-6-16-9-11)7-12-3-5-15-8-13(1)12;3-2(4,5)1(6)7/h1-2,7,11,15H,3-6,8-10H2;(H,6,7). The lowest BCUT2D eigenvalue weighted by atomic mass is 10.0. The van der Waals surface area contributed by atoms with Crippen LogP contribution in [0.5, 0.6) is 5.75 Å². The first-order valence-corrected chi connectivity index (χ1v) is 7.69. The van der Waals surface area contributed by atoms with Crippen LogP contribution in [0.1, 0.15) is 17.5 Å². The van der Waals surface area contributed by atoms with Gasteiger partial charge in [0.1, 0.15) is 5.75 Å². The molecular weight excluding hydrogens is 327 g/mol. The van der Waals surface area contributed by atoms with E-state index >= 15 is 0 Å². The summed E-state index contributed by atoms with van der Waals surface area (Å²) in [4.78, 5) is 8.90. The predicted octanol–water partition coefficient (Wildman–Crippen LogP) is 2.38. The van der Waals surface area contributed by atoms with E-state index in [9.17, 15) is 13.2 Å². The normalized spacial score (nSPS) is 19.9. The molecule has 0 spiro atoms. The third-order valence-electron chi connectivity index (χ3n) is 3.82. The molecule has 1 atom stereocenters. The Kier molecular flexibility index (Phi) is 6.44. The molecule has 1 fully saturated rings. The van der Waals surface area contributed by atoms with Gasteiger partial charge in [0.15, 0.2) is 0 Å². The number of carbonyl (C=O) groups is 1. The Balaban J connectivity index is 0.000000256. The molecule has 0 saturated carbocycles. The molecule has 24 heavy (non-hydrogen) atoms. The molecule has 5 nitrogen and oxygen atoms in total. The van der Waals surface area contributed by atoms with Gasteiger partial charge in [0.05, 0.1) is 13.2 Å². The van der Waals surface area contributed by atoms with Crippen molar-refractivity contribution in [1.82, 2.24) is 5.32 Å². The molecule has 0 aliphatic carbocycles. The summed E-state index contributed by atoms with van der Waals surface area (Å²) < 4.78 is 42.9. The van der Waals surface area contributed by atoms with Gasteiger partial charge in [-0.3, -0.25) is 0 Å². The Morgan fingerprint density at radius 2 is 2.12 bits per heavy atom. The molecule has 2 aliphatic heterocycles. The van der Waals surface area contributed by atoms with Crippen LogP contribution in [0.2, 0.25) is 0 Å². The van der Waals surface area contributed by atoms with E-state index in [-0.39, 0.29) is 0 Å². The SMILES string of the molecule is O=C(O)C(F)(F)F.c1cc2c(cc1OCC1CCOC1)CCNC2. The highest BCUT2D eigenvalue weighted by molar-refractivity contribution is 5.73. The minimum absolute atomic E-state index is 0.577. The fourth-order valence-corrected chi connectivity index (χ4v) is 2.47. The van der Waals surface area contributed by atoms with Gasteiger partial charge in [-0.25, -0.2) is 4.79 Å². The number of benzene rings is 1. The fraction of sp³-hybridized carbons (Fsp3) is 0.562. The number of alkyl halides is 3. The minimum Gasteiger partial charge on any atom is -0.493 e. The van der Waals surface area contributed by atoms with Gasteiger partial charge in [-0.05, 0) is 42.6 Å². The van der Waals surface area contributed by atoms with Crippen LogP contribution < -0.4 is 10.1 Å². The topological polar surface area (TPSA) is 67.8 Å². The van der Waals surface area contributed by atoms with Crippen molar-refractivity contribution in [3.05, 3.63) is 29.3 Å². The average Bonchev–Trinajstić information content (AvgIpc) is 3.06. The Labute approximate surface area is 137 Å². The lowest BCUT2D eigenvalue weighted by Crippen LogP contribution is -2.23. The summed E-state index contributed by atoms with van der Waals surface area (Å²) in [7, 11) is 0. The summed E-state index contributed by atoms with van der Waals surface area (Å²) in [5, 5.41) is 10.5. The Morgan fingerprint density at radius 3 is 2.75 bits per heavy atom. The summed E-state index contributed by atoms with van der Waals surface area (Å²) in [5.74, 6) is -1.17. The summed E-state index contributed by atoms with van der Waals surface area (Å²) in [6.07, 6.45) is -2.84. The maximum absolute atomic E-state index is 10.6. The molecule has 0 aromatic heterocycles. The highest BCUT2D eigenvalue weighted by Gasteiger charge is 2.38. The third kappa shape index (κ3) is 5.68. The van der Waals surface area contributed by atoms with Crippen molar-refractivity contribution in [1.29, 1.82) is 0 Å². The molecule has 0 amide bonds. The molecule has 1 unspecified atom stereocenters. The van der Waals surface area contributed by atoms with Gasteiger partial charge < -0.3 is 19.9 Å². The molecule has 1 aromatic carbocycles. The summed E-state index contributed by atoms with van der Waals surface area (Å²) in [6.45, 7) is 4.61. The lowest BCUT2D eigenvalue weighted by molar-refractivity contribution is -0.192. The number of halogens is 3. The molecule has 2 heterocycles. The zero-order chi connectivity index (χ0) is 17.6. The maximum Gasteiger partial charge on any atom is 0.490 e. The van der Waals surface area contributed by atoms with E-state index in [1.165, 1.54) is 11.1 Å². The monoisotopic (exact) mass is 347 g/mol. The average molecular weight is 347 g/mol. The van der Waals surface area contributed by atoms with Gasteiger partial charge in [0, 0.05) is 19.1 Å². The highest BCUT2D eigenvalue weighted by atomic mass is 19.4. The number of aliphatic carboxylic acids is 1. The number of nitrogens with one attached hydrogen (secondary N) is 1. The largest absolute Gasteiger partial charge is 0.493 e. The number of carboxylic acids is 1. The number of carboxylic acid groups (broad SMARTS) is 1. The Morgan fingerprint density at radius 1 is 1.38 bits per heavy atom. The van der Waals surface area contributed by atoms with E-state index in [4.69, 9.17) is 19.4 Å². The Hall–Kier alpha value is -1.80. The van der Waals surface area contributed by atoms with E-state index in [0.717, 1.165) is 51.5 Å². The maximum atomic E-state index is 10.6. The zero-order valence-electron chi connectivity index (χ0n) is 13.1. The van der Waals surface area contributed by atoms with Gasteiger partial charge in [0.25, 0.3) is 0 Å². The molecule has 2 N–H and O–H groups in total. The van der Waals surface area contributed by atoms with Crippen LogP contribution in [0.3, 0.4) is 0 Å². The zero-order valence-corrected chi connectivity index (χ0v) is 13.1. The van der Waals surface area contributed by atoms with Crippen LogP contribution >= 0.6 is 0 Å². The molecule has 1 saturated heterocycles. The van der Waals surface area contributed by atoms with Crippen molar-refractivity contribution >= 4 is 5.97 Å². The number of hydrogen-bond acceptors (Lipinski definition) is 4. The van der Waals surface area contributed by atoms with E-state index in [1.54, 1.807) is 0 Å². The second-order valence-electron chi connectivity index (χ2n) is 5.70. The molecular formula is C16H20F3NO4. The quantitative estimate of drug-likeness (QED) is 0.879. The van der Waals surface area contributed by atoms with Gasteiger partial charge >= 0.3 is 12.1 Å². The number of hydrogen-bond donors (Lipinski definition) is 2. The van der Waals surface area contributed by atoms with Crippen LogP contribution in [-0.4, -0.2) is 43.6 Å². The van der Waals surface area contributed by atoms with E-state index in [2.05, 4.69) is 23.5 Å². The number of rotatable bonds is 3. The van der Waals surface area contributed by atoms with E-state index in [1.807, 2.05) is 0 Å². The van der Waals surface area contributed by atoms with E-state index in [0.29, 0.717) is 5.92 Å². The summed E-state index contributed by atoms with van der Waals surface area (Å²) >= 11 is 0. The van der Waals surface area contributed by atoms with Crippen molar-refractivity contribution in [3.63, 3.8) is 0 Å². The third-order valence-corrected chi connectivity index (χ3v) is 3.82. The molecule has 1 aromatic rings. The molecule has 0 bridgehead atoms. The van der Waals surface area contributed by atoms with Crippen molar-refractivity contribution in [2.45, 2.75) is 25.6 Å². The van der Waals surface area contributed by atoms with Gasteiger partial charge in [-0.15, -0.1) is 0 Å². The number of ether oxygens (including phenoxy) is 2. The van der Waals surface area contributed by atoms with Crippen LogP contribution in [0, 0.1) is 5.92 Å². The second-order valence-corrected chi connectivity index (χ2v) is 5.70. The van der Waals surface area contributed by atoms with Crippen LogP contribution in [0.15, 0.2) is 18.2 Å². The number of fused-ring (bicyclic) bond motifs is 1. The van der Waals surface area contributed by atoms with Crippen LogP contribution in [0.4, 0.5) is 13.2 Å². The van der Waals surface area contributed by atoms with Crippen LogP contribution in [-0.2, 0) is 22.5 Å². The van der Waals surface area contributed by atoms with Crippen molar-refractivity contribution < 1.29 is 32.5 Å². The fourth-order valence-electron chi connectivity index (χ4n) is 2.47. The molecule has 134 valence electrons. The van der Waals surface area contributed by atoms with Gasteiger partial charge in [-0.1, -0.05) is 6.07 Å².